The molecule has 2 atom stereocenters. The third-order valence-electron chi connectivity index (χ3n) is 2.56. The zero-order valence-corrected chi connectivity index (χ0v) is 9.87. The summed E-state index contributed by atoms with van der Waals surface area (Å²) in [4.78, 5) is 0. The summed E-state index contributed by atoms with van der Waals surface area (Å²) in [5.41, 5.74) is 1.46. The van der Waals surface area contributed by atoms with Crippen molar-refractivity contribution < 1.29 is 0 Å². The molecule has 0 saturated heterocycles. The van der Waals surface area contributed by atoms with Gasteiger partial charge in [0.05, 0.1) is 0 Å². The standard InChI is InChI=1S/C11H17ClS/c1-3-11(9(2)12)5-4-10-6-7-13-8-10/h6-9,11H,3-5H2,1-2H3. The minimum atomic E-state index is 0.309. The van der Waals surface area contributed by atoms with Gasteiger partial charge in [0.2, 0.25) is 0 Å². The summed E-state index contributed by atoms with van der Waals surface area (Å²) < 4.78 is 0. The van der Waals surface area contributed by atoms with Crippen molar-refractivity contribution in [2.45, 2.75) is 38.5 Å². The van der Waals surface area contributed by atoms with Gasteiger partial charge in [0.15, 0.2) is 0 Å². The maximum absolute atomic E-state index is 6.09. The normalized spacial score (nSPS) is 15.6. The third kappa shape index (κ3) is 3.70. The van der Waals surface area contributed by atoms with E-state index in [4.69, 9.17) is 11.6 Å². The lowest BCUT2D eigenvalue weighted by Crippen LogP contribution is -2.11. The molecule has 0 radical (unpaired) electrons. The fourth-order valence-corrected chi connectivity index (χ4v) is 2.55. The zero-order chi connectivity index (χ0) is 9.68. The zero-order valence-electron chi connectivity index (χ0n) is 8.29. The van der Waals surface area contributed by atoms with Crippen molar-refractivity contribution in [3.63, 3.8) is 0 Å². The molecule has 0 fully saturated rings. The lowest BCUT2D eigenvalue weighted by Gasteiger charge is -2.16. The molecule has 1 heterocycles. The quantitative estimate of drug-likeness (QED) is 0.643. The first kappa shape index (κ1) is 11.1. The van der Waals surface area contributed by atoms with Crippen LogP contribution in [0.15, 0.2) is 16.8 Å². The van der Waals surface area contributed by atoms with Crippen LogP contribution in [0.2, 0.25) is 0 Å². The maximum Gasteiger partial charge on any atom is 0.0336 e. The van der Waals surface area contributed by atoms with E-state index in [2.05, 4.69) is 30.7 Å². The Labute approximate surface area is 89.9 Å². The first-order valence-corrected chi connectivity index (χ1v) is 6.27. The Bertz CT molecular complexity index is 216. The Morgan fingerprint density at radius 2 is 2.31 bits per heavy atom. The van der Waals surface area contributed by atoms with Gasteiger partial charge in [-0.1, -0.05) is 13.3 Å². The Balaban J connectivity index is 2.32. The molecule has 0 N–H and O–H groups in total. The lowest BCUT2D eigenvalue weighted by molar-refractivity contribution is 0.463. The molecule has 0 spiro atoms. The highest BCUT2D eigenvalue weighted by atomic mass is 35.5. The van der Waals surface area contributed by atoms with Crippen LogP contribution in [0.4, 0.5) is 0 Å². The molecule has 0 aliphatic heterocycles. The summed E-state index contributed by atoms with van der Waals surface area (Å²) in [6.07, 6.45) is 3.59. The molecule has 1 aromatic rings. The number of aryl methyl sites for hydroxylation is 1. The molecule has 0 amide bonds. The second kappa shape index (κ2) is 5.66. The lowest BCUT2D eigenvalue weighted by atomic mass is 9.95. The number of hydrogen-bond acceptors (Lipinski definition) is 1. The Hall–Kier alpha value is -0.0100. The van der Waals surface area contributed by atoms with E-state index < -0.39 is 0 Å². The highest BCUT2D eigenvalue weighted by Gasteiger charge is 2.12. The molecule has 0 aromatic carbocycles. The minimum Gasteiger partial charge on any atom is -0.152 e. The molecule has 1 aromatic heterocycles. The molecule has 74 valence electrons. The Morgan fingerprint density at radius 3 is 2.77 bits per heavy atom. The molecule has 0 saturated carbocycles. The van der Waals surface area contributed by atoms with Crippen molar-refractivity contribution in [1.82, 2.24) is 0 Å². The topological polar surface area (TPSA) is 0 Å². The van der Waals surface area contributed by atoms with Crippen molar-refractivity contribution in [3.8, 4) is 0 Å². The van der Waals surface area contributed by atoms with Crippen LogP contribution < -0.4 is 0 Å². The van der Waals surface area contributed by atoms with Gasteiger partial charge in [-0.3, -0.25) is 0 Å². The Morgan fingerprint density at radius 1 is 1.54 bits per heavy atom. The molecule has 13 heavy (non-hydrogen) atoms. The fourth-order valence-electron chi connectivity index (χ4n) is 1.55. The smallest absolute Gasteiger partial charge is 0.0336 e. The van der Waals surface area contributed by atoms with Crippen molar-refractivity contribution in [3.05, 3.63) is 22.4 Å². The van der Waals surface area contributed by atoms with Crippen molar-refractivity contribution >= 4 is 22.9 Å². The monoisotopic (exact) mass is 216 g/mol. The molecule has 2 heteroatoms. The molecule has 0 bridgehead atoms. The summed E-state index contributed by atoms with van der Waals surface area (Å²) in [7, 11) is 0. The molecule has 1 rings (SSSR count). The van der Waals surface area contributed by atoms with Gasteiger partial charge in [-0.2, -0.15) is 11.3 Å². The van der Waals surface area contributed by atoms with Crippen LogP contribution in [0.25, 0.3) is 0 Å². The average Bonchev–Trinajstić information content (AvgIpc) is 2.57. The van der Waals surface area contributed by atoms with E-state index in [1.807, 2.05) is 0 Å². The van der Waals surface area contributed by atoms with E-state index >= 15 is 0 Å². The average molecular weight is 217 g/mol. The SMILES string of the molecule is CCC(CCc1ccsc1)C(C)Cl. The van der Waals surface area contributed by atoms with Gasteiger partial charge < -0.3 is 0 Å². The van der Waals surface area contributed by atoms with Crippen molar-refractivity contribution in [2.75, 3.05) is 0 Å². The van der Waals surface area contributed by atoms with Gasteiger partial charge >= 0.3 is 0 Å². The van der Waals surface area contributed by atoms with Gasteiger partial charge in [0.1, 0.15) is 0 Å². The Kier molecular flexibility index (Phi) is 4.82. The van der Waals surface area contributed by atoms with Crippen LogP contribution in [0, 0.1) is 5.92 Å². The number of halogens is 1. The summed E-state index contributed by atoms with van der Waals surface area (Å²) in [5.74, 6) is 0.668. The number of hydrogen-bond donors (Lipinski definition) is 0. The van der Waals surface area contributed by atoms with E-state index in [1.54, 1.807) is 11.3 Å². The van der Waals surface area contributed by atoms with Gasteiger partial charge in [0, 0.05) is 5.38 Å². The largest absolute Gasteiger partial charge is 0.152 e. The first-order valence-electron chi connectivity index (χ1n) is 4.89. The third-order valence-corrected chi connectivity index (χ3v) is 3.65. The highest BCUT2D eigenvalue weighted by Crippen LogP contribution is 2.21. The summed E-state index contributed by atoms with van der Waals surface area (Å²) in [6, 6.07) is 2.20. The second-order valence-corrected chi connectivity index (χ2v) is 4.98. The van der Waals surface area contributed by atoms with Crippen LogP contribution in [0.3, 0.4) is 0 Å². The van der Waals surface area contributed by atoms with Crippen LogP contribution in [0.1, 0.15) is 32.3 Å². The van der Waals surface area contributed by atoms with Crippen molar-refractivity contribution in [2.24, 2.45) is 5.92 Å². The number of alkyl halides is 1. The highest BCUT2D eigenvalue weighted by molar-refractivity contribution is 7.07. The van der Waals surface area contributed by atoms with Crippen LogP contribution in [-0.2, 0) is 6.42 Å². The predicted octanol–water partition coefficient (Wildman–Crippen LogP) is 4.33. The van der Waals surface area contributed by atoms with E-state index in [9.17, 15) is 0 Å². The fraction of sp³-hybridized carbons (Fsp3) is 0.636. The van der Waals surface area contributed by atoms with E-state index in [-0.39, 0.29) is 0 Å². The maximum atomic E-state index is 6.09. The summed E-state index contributed by atoms with van der Waals surface area (Å²) >= 11 is 7.86. The van der Waals surface area contributed by atoms with Crippen LogP contribution in [-0.4, -0.2) is 5.38 Å². The van der Waals surface area contributed by atoms with Gasteiger partial charge in [-0.05, 0) is 48.1 Å². The van der Waals surface area contributed by atoms with E-state index in [1.165, 1.54) is 24.8 Å². The number of rotatable bonds is 5. The van der Waals surface area contributed by atoms with E-state index in [0.29, 0.717) is 11.3 Å². The van der Waals surface area contributed by atoms with Gasteiger partial charge in [-0.15, -0.1) is 11.6 Å². The predicted molar refractivity (Wildman–Crippen MR) is 61.7 cm³/mol. The molecule has 0 aliphatic carbocycles. The molecular formula is C11H17ClS. The van der Waals surface area contributed by atoms with E-state index in [0.717, 1.165) is 0 Å². The van der Waals surface area contributed by atoms with Gasteiger partial charge in [0.25, 0.3) is 0 Å². The molecule has 0 nitrogen and oxygen atoms in total. The molecular weight excluding hydrogens is 200 g/mol. The van der Waals surface area contributed by atoms with Crippen LogP contribution in [0.5, 0.6) is 0 Å². The molecule has 2 unspecified atom stereocenters. The van der Waals surface area contributed by atoms with Crippen LogP contribution >= 0.6 is 22.9 Å². The van der Waals surface area contributed by atoms with Crippen molar-refractivity contribution in [1.29, 1.82) is 0 Å². The summed E-state index contributed by atoms with van der Waals surface area (Å²) in [6.45, 7) is 4.32. The first-order chi connectivity index (χ1) is 6.24. The molecule has 0 aliphatic rings. The number of thiophene rings is 1. The minimum absolute atomic E-state index is 0.309. The summed E-state index contributed by atoms with van der Waals surface area (Å²) in [5, 5.41) is 4.68. The van der Waals surface area contributed by atoms with Gasteiger partial charge in [-0.25, -0.2) is 0 Å². The second-order valence-electron chi connectivity index (χ2n) is 3.52.